The van der Waals surface area contributed by atoms with Crippen LogP contribution >= 0.6 is 0 Å². The van der Waals surface area contributed by atoms with Crippen molar-refractivity contribution in [2.45, 2.75) is 46.1 Å². The average molecular weight is 274 g/mol. The number of benzene rings is 1. The van der Waals surface area contributed by atoms with Gasteiger partial charge in [0, 0.05) is 6.54 Å². The first-order chi connectivity index (χ1) is 9.78. The third kappa shape index (κ3) is 5.26. The molecule has 2 heteroatoms. The minimum atomic E-state index is 0.911. The lowest BCUT2D eigenvalue weighted by Gasteiger charge is -2.20. The van der Waals surface area contributed by atoms with Gasteiger partial charge in [0.15, 0.2) is 0 Å². The maximum absolute atomic E-state index is 3.38. The van der Waals surface area contributed by atoms with Gasteiger partial charge in [0.2, 0.25) is 0 Å². The quantitative estimate of drug-likeness (QED) is 0.799. The van der Waals surface area contributed by atoms with Crippen LogP contribution in [0.1, 0.15) is 44.2 Å². The molecule has 2 rings (SSSR count). The lowest BCUT2D eigenvalue weighted by atomic mass is 10.0. The molecule has 0 radical (unpaired) electrons. The highest BCUT2D eigenvalue weighted by atomic mass is 15.1. The van der Waals surface area contributed by atoms with Crippen molar-refractivity contribution in [1.82, 2.24) is 10.2 Å². The first-order valence-electron chi connectivity index (χ1n) is 8.29. The molecular weight excluding hydrogens is 244 g/mol. The van der Waals surface area contributed by atoms with E-state index >= 15 is 0 Å². The molecule has 0 saturated carbocycles. The fourth-order valence-corrected chi connectivity index (χ4v) is 2.96. The number of hydrogen-bond donors (Lipinski definition) is 1. The first-order valence-corrected chi connectivity index (χ1v) is 8.29. The maximum Gasteiger partial charge on any atom is 0.0233 e. The van der Waals surface area contributed by atoms with E-state index in [1.165, 1.54) is 43.5 Å². The maximum atomic E-state index is 3.38. The number of nitrogens with zero attached hydrogens (tertiary/aromatic N) is 1. The minimum Gasteiger partial charge on any atom is -0.317 e. The topological polar surface area (TPSA) is 15.3 Å². The second kappa shape index (κ2) is 8.43. The summed E-state index contributed by atoms with van der Waals surface area (Å²) in [7, 11) is 0. The molecule has 1 aliphatic heterocycles. The van der Waals surface area contributed by atoms with E-state index in [1.54, 1.807) is 0 Å². The first kappa shape index (κ1) is 15.5. The number of likely N-dealkylation sites (tertiary alicyclic amines) is 1. The SMILES string of the molecule is CCNCCc1ccc(CN2CCCC(C)CC2)cc1. The van der Waals surface area contributed by atoms with Gasteiger partial charge in [-0.25, -0.2) is 0 Å². The number of nitrogens with one attached hydrogen (secondary N) is 1. The largest absolute Gasteiger partial charge is 0.317 e. The molecule has 1 aromatic carbocycles. The van der Waals surface area contributed by atoms with Crippen molar-refractivity contribution in [1.29, 1.82) is 0 Å². The number of rotatable bonds is 6. The van der Waals surface area contributed by atoms with Crippen molar-refractivity contribution in [3.8, 4) is 0 Å². The molecular formula is C18H30N2. The van der Waals surface area contributed by atoms with Crippen molar-refractivity contribution < 1.29 is 0 Å². The van der Waals surface area contributed by atoms with E-state index in [9.17, 15) is 0 Å². The Morgan fingerprint density at radius 2 is 1.85 bits per heavy atom. The Bertz CT molecular complexity index is 372. The Kier molecular flexibility index (Phi) is 6.55. The van der Waals surface area contributed by atoms with Crippen LogP contribution in [0.4, 0.5) is 0 Å². The molecule has 1 N–H and O–H groups in total. The molecule has 1 atom stereocenters. The molecule has 1 heterocycles. The summed E-state index contributed by atoms with van der Waals surface area (Å²) in [6, 6.07) is 9.23. The van der Waals surface area contributed by atoms with Gasteiger partial charge >= 0.3 is 0 Å². The fourth-order valence-electron chi connectivity index (χ4n) is 2.96. The molecule has 0 aliphatic carbocycles. The molecule has 0 spiro atoms. The Balaban J connectivity index is 1.80. The molecule has 1 aliphatic rings. The molecule has 1 aromatic rings. The Morgan fingerprint density at radius 1 is 1.10 bits per heavy atom. The summed E-state index contributed by atoms with van der Waals surface area (Å²) in [5.41, 5.74) is 2.91. The highest BCUT2D eigenvalue weighted by Gasteiger charge is 2.13. The zero-order valence-electron chi connectivity index (χ0n) is 13.2. The standard InChI is InChI=1S/C18H30N2/c1-3-19-12-10-17-6-8-18(9-7-17)15-20-13-4-5-16(2)11-14-20/h6-9,16,19H,3-5,10-15H2,1-2H3. The van der Waals surface area contributed by atoms with Crippen LogP contribution in [0.5, 0.6) is 0 Å². The summed E-state index contributed by atoms with van der Waals surface area (Å²) in [5, 5.41) is 3.38. The molecule has 1 unspecified atom stereocenters. The number of likely N-dealkylation sites (N-methyl/N-ethyl adjacent to an activating group) is 1. The molecule has 0 aromatic heterocycles. The summed E-state index contributed by atoms with van der Waals surface area (Å²) in [5.74, 6) is 0.911. The Hall–Kier alpha value is -0.860. The van der Waals surface area contributed by atoms with Crippen LogP contribution in [0.25, 0.3) is 0 Å². The second-order valence-electron chi connectivity index (χ2n) is 6.23. The molecule has 20 heavy (non-hydrogen) atoms. The average Bonchev–Trinajstić information content (AvgIpc) is 2.66. The molecule has 1 fully saturated rings. The van der Waals surface area contributed by atoms with Crippen LogP contribution in [-0.2, 0) is 13.0 Å². The van der Waals surface area contributed by atoms with Crippen LogP contribution in [-0.4, -0.2) is 31.1 Å². The van der Waals surface area contributed by atoms with Gasteiger partial charge in [-0.3, -0.25) is 4.90 Å². The zero-order chi connectivity index (χ0) is 14.2. The van der Waals surface area contributed by atoms with Crippen molar-refractivity contribution in [3.05, 3.63) is 35.4 Å². The smallest absolute Gasteiger partial charge is 0.0233 e. The highest BCUT2D eigenvalue weighted by molar-refractivity contribution is 5.22. The lowest BCUT2D eigenvalue weighted by molar-refractivity contribution is 0.273. The molecule has 2 nitrogen and oxygen atoms in total. The van der Waals surface area contributed by atoms with E-state index in [0.29, 0.717) is 0 Å². The normalized spacial score (nSPS) is 20.8. The molecule has 0 amide bonds. The Morgan fingerprint density at radius 3 is 2.60 bits per heavy atom. The van der Waals surface area contributed by atoms with Crippen LogP contribution in [0.15, 0.2) is 24.3 Å². The molecule has 112 valence electrons. The van der Waals surface area contributed by atoms with Crippen molar-refractivity contribution in [3.63, 3.8) is 0 Å². The fraction of sp³-hybridized carbons (Fsp3) is 0.667. The summed E-state index contributed by atoms with van der Waals surface area (Å²) in [4.78, 5) is 2.62. The molecule has 0 bridgehead atoms. The lowest BCUT2D eigenvalue weighted by Crippen LogP contribution is -2.24. The van der Waals surface area contributed by atoms with E-state index in [2.05, 4.69) is 48.3 Å². The van der Waals surface area contributed by atoms with Crippen molar-refractivity contribution in [2.75, 3.05) is 26.2 Å². The van der Waals surface area contributed by atoms with Gasteiger partial charge in [0.1, 0.15) is 0 Å². The van der Waals surface area contributed by atoms with Gasteiger partial charge in [0.05, 0.1) is 0 Å². The third-order valence-corrected chi connectivity index (χ3v) is 4.38. The van der Waals surface area contributed by atoms with Gasteiger partial charge in [-0.05, 0) is 68.9 Å². The summed E-state index contributed by atoms with van der Waals surface area (Å²) in [6.45, 7) is 10.4. The second-order valence-corrected chi connectivity index (χ2v) is 6.23. The van der Waals surface area contributed by atoms with E-state index in [4.69, 9.17) is 0 Å². The molecule has 1 saturated heterocycles. The van der Waals surface area contributed by atoms with Crippen LogP contribution in [0, 0.1) is 5.92 Å². The third-order valence-electron chi connectivity index (χ3n) is 4.38. The summed E-state index contributed by atoms with van der Waals surface area (Å²) in [6.07, 6.45) is 5.26. The predicted molar refractivity (Wildman–Crippen MR) is 87.0 cm³/mol. The number of hydrogen-bond acceptors (Lipinski definition) is 2. The minimum absolute atomic E-state index is 0.911. The van der Waals surface area contributed by atoms with E-state index in [-0.39, 0.29) is 0 Å². The van der Waals surface area contributed by atoms with E-state index in [1.807, 2.05) is 0 Å². The van der Waals surface area contributed by atoms with Gasteiger partial charge in [-0.1, -0.05) is 38.1 Å². The predicted octanol–water partition coefficient (Wildman–Crippen LogP) is 3.46. The van der Waals surface area contributed by atoms with Crippen molar-refractivity contribution in [2.24, 2.45) is 5.92 Å². The van der Waals surface area contributed by atoms with Gasteiger partial charge in [0.25, 0.3) is 0 Å². The van der Waals surface area contributed by atoms with Crippen molar-refractivity contribution >= 4 is 0 Å². The van der Waals surface area contributed by atoms with Gasteiger partial charge in [-0.15, -0.1) is 0 Å². The van der Waals surface area contributed by atoms with Crippen LogP contribution in [0.3, 0.4) is 0 Å². The van der Waals surface area contributed by atoms with Crippen LogP contribution in [0.2, 0.25) is 0 Å². The van der Waals surface area contributed by atoms with E-state index in [0.717, 1.165) is 32.0 Å². The van der Waals surface area contributed by atoms with Gasteiger partial charge in [-0.2, -0.15) is 0 Å². The van der Waals surface area contributed by atoms with Gasteiger partial charge < -0.3 is 5.32 Å². The Labute approximate surface area is 124 Å². The zero-order valence-corrected chi connectivity index (χ0v) is 13.2. The van der Waals surface area contributed by atoms with E-state index < -0.39 is 0 Å². The summed E-state index contributed by atoms with van der Waals surface area (Å²) < 4.78 is 0. The summed E-state index contributed by atoms with van der Waals surface area (Å²) >= 11 is 0. The monoisotopic (exact) mass is 274 g/mol. The van der Waals surface area contributed by atoms with Crippen LogP contribution < -0.4 is 5.32 Å². The highest BCUT2D eigenvalue weighted by Crippen LogP contribution is 2.18.